The van der Waals surface area contributed by atoms with Gasteiger partial charge in [-0.05, 0) is 42.0 Å². The van der Waals surface area contributed by atoms with Gasteiger partial charge in [-0.25, -0.2) is 0 Å². The number of aryl methyl sites for hydroxylation is 2. The Kier molecular flexibility index (Phi) is 5.71. The van der Waals surface area contributed by atoms with Crippen molar-refractivity contribution in [3.05, 3.63) is 112 Å². The summed E-state index contributed by atoms with van der Waals surface area (Å²) in [4.78, 5) is 14.9. The van der Waals surface area contributed by atoms with Crippen LogP contribution in [0.3, 0.4) is 0 Å². The number of carbonyl (C=O) groups excluding carboxylic acids is 1. The van der Waals surface area contributed by atoms with Gasteiger partial charge in [-0.1, -0.05) is 91.3 Å². The molecule has 0 bridgehead atoms. The Morgan fingerprint density at radius 3 is 2.17 bits per heavy atom. The fraction of sp³-hybridized carbons (Fsp3) is 0.222. The highest BCUT2D eigenvalue weighted by atomic mass is 16.3. The van der Waals surface area contributed by atoms with Gasteiger partial charge in [-0.2, -0.15) is 0 Å². The summed E-state index contributed by atoms with van der Waals surface area (Å²) in [5.41, 5.74) is 6.18. The lowest BCUT2D eigenvalue weighted by atomic mass is 9.92. The number of benzene rings is 3. The third-order valence-corrected chi connectivity index (χ3v) is 5.85. The molecule has 1 aliphatic rings. The number of nitrogens with zero attached hydrogens (tertiary/aromatic N) is 1. The van der Waals surface area contributed by atoms with Crippen LogP contribution in [0.4, 0.5) is 0 Å². The van der Waals surface area contributed by atoms with E-state index in [-0.39, 0.29) is 17.7 Å². The minimum absolute atomic E-state index is 0.142. The molecule has 152 valence electrons. The zero-order valence-electron chi connectivity index (χ0n) is 17.5. The van der Waals surface area contributed by atoms with Gasteiger partial charge in [-0.3, -0.25) is 4.79 Å². The van der Waals surface area contributed by atoms with Gasteiger partial charge in [-0.15, -0.1) is 0 Å². The first-order valence-electron chi connectivity index (χ1n) is 10.5. The predicted octanol–water partition coefficient (Wildman–Crippen LogP) is 5.65. The van der Waals surface area contributed by atoms with Crippen LogP contribution in [-0.2, 0) is 17.6 Å². The van der Waals surface area contributed by atoms with Crippen molar-refractivity contribution in [2.45, 2.75) is 32.7 Å². The molecular formula is C27H27NO2. The maximum atomic E-state index is 13.1. The van der Waals surface area contributed by atoms with Crippen LogP contribution in [0, 0.1) is 6.92 Å². The van der Waals surface area contributed by atoms with Crippen LogP contribution in [-0.4, -0.2) is 22.5 Å². The topological polar surface area (TPSA) is 40.5 Å². The molecule has 3 nitrogen and oxygen atoms in total. The van der Waals surface area contributed by atoms with Crippen molar-refractivity contribution in [1.29, 1.82) is 0 Å². The molecule has 3 aromatic rings. The van der Waals surface area contributed by atoms with Crippen molar-refractivity contribution in [2.24, 2.45) is 0 Å². The predicted molar refractivity (Wildman–Crippen MR) is 121 cm³/mol. The third kappa shape index (κ3) is 3.88. The van der Waals surface area contributed by atoms with E-state index in [1.807, 2.05) is 49.4 Å². The summed E-state index contributed by atoms with van der Waals surface area (Å²) in [5, 5.41) is 10.9. The van der Waals surface area contributed by atoms with Crippen LogP contribution < -0.4 is 0 Å². The van der Waals surface area contributed by atoms with Crippen molar-refractivity contribution in [1.82, 2.24) is 4.90 Å². The van der Waals surface area contributed by atoms with E-state index >= 15 is 0 Å². The molecule has 0 radical (unpaired) electrons. The maximum Gasteiger partial charge on any atom is 0.289 e. The van der Waals surface area contributed by atoms with Crippen LogP contribution in [0.5, 0.6) is 0 Å². The second-order valence-corrected chi connectivity index (χ2v) is 7.86. The quantitative estimate of drug-likeness (QED) is 0.584. The number of rotatable bonds is 6. The molecule has 0 fully saturated rings. The Bertz CT molecular complexity index is 1050. The van der Waals surface area contributed by atoms with E-state index in [9.17, 15) is 9.90 Å². The first-order chi connectivity index (χ1) is 14.6. The molecule has 4 rings (SSSR count). The molecule has 0 saturated carbocycles. The fourth-order valence-electron chi connectivity index (χ4n) is 4.09. The molecule has 1 atom stereocenters. The Morgan fingerprint density at radius 2 is 1.53 bits per heavy atom. The average molecular weight is 398 g/mol. The molecule has 1 heterocycles. The van der Waals surface area contributed by atoms with Crippen molar-refractivity contribution in [3.8, 4) is 0 Å². The summed E-state index contributed by atoms with van der Waals surface area (Å²) < 4.78 is 0. The number of hydrogen-bond acceptors (Lipinski definition) is 2. The minimum atomic E-state index is -0.300. The largest absolute Gasteiger partial charge is 0.503 e. The van der Waals surface area contributed by atoms with E-state index in [4.69, 9.17) is 0 Å². The van der Waals surface area contributed by atoms with Crippen molar-refractivity contribution in [2.75, 3.05) is 6.54 Å². The molecule has 0 aliphatic carbocycles. The minimum Gasteiger partial charge on any atom is -0.503 e. The summed E-state index contributed by atoms with van der Waals surface area (Å²) in [6, 6.07) is 26.2. The molecule has 0 unspecified atom stereocenters. The molecule has 1 N–H and O–H groups in total. The average Bonchev–Trinajstić information content (AvgIpc) is 3.04. The van der Waals surface area contributed by atoms with E-state index in [1.54, 1.807) is 4.90 Å². The van der Waals surface area contributed by atoms with Gasteiger partial charge in [0, 0.05) is 12.1 Å². The van der Waals surface area contributed by atoms with Gasteiger partial charge in [0.25, 0.3) is 5.91 Å². The van der Waals surface area contributed by atoms with Gasteiger partial charge in [0.2, 0.25) is 0 Å². The summed E-state index contributed by atoms with van der Waals surface area (Å²) in [6.07, 6.45) is 1.71. The molecule has 3 aromatic carbocycles. The smallest absolute Gasteiger partial charge is 0.289 e. The Morgan fingerprint density at radius 1 is 0.867 bits per heavy atom. The van der Waals surface area contributed by atoms with Crippen molar-refractivity contribution in [3.63, 3.8) is 0 Å². The van der Waals surface area contributed by atoms with Crippen molar-refractivity contribution < 1.29 is 9.90 Å². The number of carbonyl (C=O) groups is 1. The zero-order chi connectivity index (χ0) is 21.1. The van der Waals surface area contributed by atoms with E-state index in [2.05, 4.69) is 43.3 Å². The van der Waals surface area contributed by atoms with Gasteiger partial charge < -0.3 is 10.0 Å². The van der Waals surface area contributed by atoms with Gasteiger partial charge in [0.1, 0.15) is 0 Å². The van der Waals surface area contributed by atoms with Gasteiger partial charge in [0.05, 0.1) is 6.04 Å². The Hall–Kier alpha value is -3.33. The Balaban J connectivity index is 1.73. The van der Waals surface area contributed by atoms with Gasteiger partial charge in [0.15, 0.2) is 5.76 Å². The second kappa shape index (κ2) is 8.58. The number of amides is 1. The lowest BCUT2D eigenvalue weighted by Crippen LogP contribution is -2.32. The SMILES string of the molecule is CCc1ccc([C@H]2C(c3ccc(C)cc3)=C(O)C(=O)N2CCc2ccccc2)cc1. The van der Waals surface area contributed by atoms with Crippen LogP contribution in [0.15, 0.2) is 84.6 Å². The van der Waals surface area contributed by atoms with E-state index in [0.29, 0.717) is 12.1 Å². The maximum absolute atomic E-state index is 13.1. The molecule has 0 spiro atoms. The third-order valence-electron chi connectivity index (χ3n) is 5.85. The molecule has 30 heavy (non-hydrogen) atoms. The van der Waals surface area contributed by atoms with Crippen LogP contribution in [0.1, 0.15) is 40.8 Å². The molecule has 0 saturated heterocycles. The monoisotopic (exact) mass is 397 g/mol. The number of hydrogen-bond donors (Lipinski definition) is 1. The van der Waals surface area contributed by atoms with E-state index in [1.165, 1.54) is 11.1 Å². The van der Waals surface area contributed by atoms with Crippen LogP contribution >= 0.6 is 0 Å². The highest BCUT2D eigenvalue weighted by Crippen LogP contribution is 2.43. The van der Waals surface area contributed by atoms with E-state index in [0.717, 1.165) is 29.5 Å². The highest BCUT2D eigenvalue weighted by molar-refractivity contribution is 6.05. The summed E-state index contributed by atoms with van der Waals surface area (Å²) in [5.74, 6) is -0.442. The van der Waals surface area contributed by atoms with Crippen molar-refractivity contribution >= 4 is 11.5 Å². The fourth-order valence-corrected chi connectivity index (χ4v) is 4.09. The zero-order valence-corrected chi connectivity index (χ0v) is 17.5. The van der Waals surface area contributed by atoms with E-state index < -0.39 is 0 Å². The molecule has 3 heteroatoms. The second-order valence-electron chi connectivity index (χ2n) is 7.86. The molecular weight excluding hydrogens is 370 g/mol. The lowest BCUT2D eigenvalue weighted by molar-refractivity contribution is -0.129. The first kappa shape index (κ1) is 20.0. The highest BCUT2D eigenvalue weighted by Gasteiger charge is 2.40. The summed E-state index contributed by atoms with van der Waals surface area (Å²) in [7, 11) is 0. The standard InChI is InChI=1S/C27H27NO2/c1-3-20-11-15-23(16-12-20)25-24(22-13-9-19(2)10-14-22)26(29)27(30)28(25)18-17-21-7-5-4-6-8-21/h4-16,25,29H,3,17-18H2,1-2H3/t25-/m0/s1. The summed E-state index contributed by atoms with van der Waals surface area (Å²) >= 11 is 0. The lowest BCUT2D eigenvalue weighted by Gasteiger charge is -2.27. The molecule has 1 aliphatic heterocycles. The normalized spacial score (nSPS) is 16.4. The number of aliphatic hydroxyl groups is 1. The summed E-state index contributed by atoms with van der Waals surface area (Å²) in [6.45, 7) is 4.71. The van der Waals surface area contributed by atoms with Crippen LogP contribution in [0.25, 0.3) is 5.57 Å². The first-order valence-corrected chi connectivity index (χ1v) is 10.5. The Labute approximate surface area is 178 Å². The molecule has 1 amide bonds. The number of aliphatic hydroxyl groups excluding tert-OH is 1. The van der Waals surface area contributed by atoms with Gasteiger partial charge >= 0.3 is 0 Å². The van der Waals surface area contributed by atoms with Crippen LogP contribution in [0.2, 0.25) is 0 Å². The molecule has 0 aromatic heterocycles.